The maximum Gasteiger partial charge on any atom is 0.268 e. The number of hydrogen-bond acceptors (Lipinski definition) is 6. The first kappa shape index (κ1) is 31.0. The topological polar surface area (TPSA) is 96.6 Å². The Kier molecular flexibility index (Phi) is 7.90. The molecule has 0 saturated heterocycles. The van der Waals surface area contributed by atoms with Crippen LogP contribution in [0.3, 0.4) is 0 Å². The number of ether oxygens (including phenoxy) is 2. The third-order valence-corrected chi connectivity index (χ3v) is 11.8. The Balaban J connectivity index is 0.000000152. The van der Waals surface area contributed by atoms with Crippen LogP contribution in [0.5, 0.6) is 11.5 Å². The molecule has 8 rings (SSSR count). The van der Waals surface area contributed by atoms with Crippen LogP contribution in [0.1, 0.15) is 0 Å². The lowest BCUT2D eigenvalue weighted by molar-refractivity contribution is 0.414. The SMILES string of the molecule is COc1ccc(S(=O)(=O)n2c3ccccc3c3ccccc32)cc1.COc1ccc(S(=O)(=O)n2c3ccccc3c3ccccc32)cc1. The molecular formula is C38H30N2O6S2. The van der Waals surface area contributed by atoms with Gasteiger partial charge in [0, 0.05) is 21.5 Å². The van der Waals surface area contributed by atoms with Crippen LogP contribution in [0.2, 0.25) is 0 Å². The maximum atomic E-state index is 13.2. The number of aromatic nitrogens is 2. The van der Waals surface area contributed by atoms with Crippen LogP contribution >= 0.6 is 0 Å². The molecule has 0 radical (unpaired) electrons. The Bertz CT molecular complexity index is 2370. The van der Waals surface area contributed by atoms with Gasteiger partial charge in [-0.1, -0.05) is 72.8 Å². The first-order valence-corrected chi connectivity index (χ1v) is 17.9. The predicted octanol–water partition coefficient (Wildman–Crippen LogP) is 8.08. The zero-order valence-electron chi connectivity index (χ0n) is 26.0. The summed E-state index contributed by atoms with van der Waals surface area (Å²) in [4.78, 5) is 0.463. The zero-order chi connectivity index (χ0) is 33.5. The predicted molar refractivity (Wildman–Crippen MR) is 190 cm³/mol. The molecule has 0 spiro atoms. The summed E-state index contributed by atoms with van der Waals surface area (Å²) in [6.07, 6.45) is 0. The summed E-state index contributed by atoms with van der Waals surface area (Å²) in [6.45, 7) is 0. The Morgan fingerprint density at radius 1 is 0.375 bits per heavy atom. The van der Waals surface area contributed by atoms with E-state index in [9.17, 15) is 16.8 Å². The van der Waals surface area contributed by atoms with Crippen LogP contribution in [0.15, 0.2) is 155 Å². The molecule has 0 amide bonds. The van der Waals surface area contributed by atoms with Gasteiger partial charge in [-0.2, -0.15) is 0 Å². The third-order valence-electron chi connectivity index (χ3n) is 8.27. The van der Waals surface area contributed by atoms with Crippen LogP contribution in [0.4, 0.5) is 0 Å². The first-order chi connectivity index (χ1) is 23.3. The molecule has 2 heterocycles. The van der Waals surface area contributed by atoms with Crippen LogP contribution < -0.4 is 9.47 Å². The van der Waals surface area contributed by atoms with E-state index in [1.54, 1.807) is 62.8 Å². The normalized spacial score (nSPS) is 11.9. The molecule has 0 saturated carbocycles. The van der Waals surface area contributed by atoms with E-state index in [0.29, 0.717) is 33.6 Å². The summed E-state index contributed by atoms with van der Waals surface area (Å²) in [5, 5.41) is 3.69. The van der Waals surface area contributed by atoms with Crippen molar-refractivity contribution in [1.29, 1.82) is 0 Å². The molecule has 0 bridgehead atoms. The van der Waals surface area contributed by atoms with Crippen molar-refractivity contribution in [2.24, 2.45) is 0 Å². The highest BCUT2D eigenvalue weighted by Crippen LogP contribution is 2.34. The smallest absolute Gasteiger partial charge is 0.268 e. The van der Waals surface area contributed by atoms with Gasteiger partial charge in [-0.3, -0.25) is 0 Å². The second-order valence-corrected chi connectivity index (χ2v) is 14.5. The fourth-order valence-electron chi connectivity index (χ4n) is 6.00. The fourth-order valence-corrected chi connectivity index (χ4v) is 9.05. The van der Waals surface area contributed by atoms with Gasteiger partial charge in [0.2, 0.25) is 0 Å². The summed E-state index contributed by atoms with van der Waals surface area (Å²) >= 11 is 0. The summed E-state index contributed by atoms with van der Waals surface area (Å²) in [5.74, 6) is 1.24. The minimum Gasteiger partial charge on any atom is -0.497 e. The van der Waals surface area contributed by atoms with E-state index in [0.717, 1.165) is 21.5 Å². The van der Waals surface area contributed by atoms with Gasteiger partial charge in [0.15, 0.2) is 0 Å². The van der Waals surface area contributed by atoms with Gasteiger partial charge in [-0.05, 0) is 72.8 Å². The molecule has 10 heteroatoms. The molecule has 0 aliphatic rings. The van der Waals surface area contributed by atoms with E-state index in [2.05, 4.69) is 0 Å². The lowest BCUT2D eigenvalue weighted by Gasteiger charge is -2.10. The number of nitrogens with zero attached hydrogens (tertiary/aromatic N) is 2. The molecule has 0 fully saturated rings. The van der Waals surface area contributed by atoms with E-state index < -0.39 is 20.0 Å². The van der Waals surface area contributed by atoms with E-state index in [1.807, 2.05) is 97.1 Å². The Labute approximate surface area is 278 Å². The standard InChI is InChI=1S/2C19H15NO3S/c2*1-23-14-10-12-15(13-11-14)24(21,22)20-18-8-4-2-6-16(18)17-7-3-5-9-19(17)20/h2*2-13H,1H3. The van der Waals surface area contributed by atoms with Crippen molar-refractivity contribution in [1.82, 2.24) is 7.94 Å². The highest BCUT2D eigenvalue weighted by molar-refractivity contribution is 7.90. The van der Waals surface area contributed by atoms with E-state index in [1.165, 1.54) is 7.94 Å². The van der Waals surface area contributed by atoms with Crippen molar-refractivity contribution in [3.8, 4) is 11.5 Å². The van der Waals surface area contributed by atoms with E-state index in [-0.39, 0.29) is 9.79 Å². The molecule has 6 aromatic carbocycles. The molecule has 0 aliphatic heterocycles. The molecule has 0 atom stereocenters. The largest absolute Gasteiger partial charge is 0.497 e. The summed E-state index contributed by atoms with van der Waals surface area (Å²) < 4.78 is 66.0. The second-order valence-electron chi connectivity index (χ2n) is 11.0. The molecule has 240 valence electrons. The average molecular weight is 675 g/mol. The minimum absolute atomic E-state index is 0.231. The van der Waals surface area contributed by atoms with E-state index in [4.69, 9.17) is 9.47 Å². The monoisotopic (exact) mass is 674 g/mol. The van der Waals surface area contributed by atoms with Crippen molar-refractivity contribution in [3.63, 3.8) is 0 Å². The average Bonchev–Trinajstić information content (AvgIpc) is 3.66. The van der Waals surface area contributed by atoms with Crippen molar-refractivity contribution >= 4 is 63.7 Å². The van der Waals surface area contributed by atoms with Gasteiger partial charge < -0.3 is 9.47 Å². The maximum absolute atomic E-state index is 13.2. The number of fused-ring (bicyclic) bond motifs is 6. The number of rotatable bonds is 6. The van der Waals surface area contributed by atoms with Gasteiger partial charge in [-0.25, -0.2) is 24.8 Å². The summed E-state index contributed by atoms with van der Waals surface area (Å²) in [5.41, 5.74) is 2.70. The van der Waals surface area contributed by atoms with E-state index >= 15 is 0 Å². The van der Waals surface area contributed by atoms with Gasteiger partial charge >= 0.3 is 0 Å². The molecule has 0 N–H and O–H groups in total. The first-order valence-electron chi connectivity index (χ1n) is 15.0. The minimum atomic E-state index is -3.71. The number of hydrogen-bond donors (Lipinski definition) is 0. The lowest BCUT2D eigenvalue weighted by Crippen LogP contribution is -2.12. The number of para-hydroxylation sites is 4. The Hall–Kier alpha value is -5.58. The molecule has 8 nitrogen and oxygen atoms in total. The van der Waals surface area contributed by atoms with Crippen molar-refractivity contribution < 1.29 is 26.3 Å². The van der Waals surface area contributed by atoms with Crippen LogP contribution in [-0.4, -0.2) is 39.0 Å². The molecule has 2 aromatic heterocycles. The van der Waals surface area contributed by atoms with Gasteiger partial charge in [-0.15, -0.1) is 0 Å². The number of methoxy groups -OCH3 is 2. The van der Waals surface area contributed by atoms with Crippen LogP contribution in [-0.2, 0) is 20.0 Å². The highest BCUT2D eigenvalue weighted by atomic mass is 32.2. The zero-order valence-corrected chi connectivity index (χ0v) is 27.6. The summed E-state index contributed by atoms with van der Waals surface area (Å²) in [6, 6.07) is 43.0. The summed E-state index contributed by atoms with van der Waals surface area (Å²) in [7, 11) is -4.32. The molecule has 0 aliphatic carbocycles. The van der Waals surface area contributed by atoms with Gasteiger partial charge in [0.05, 0.1) is 46.1 Å². The molecule has 0 unspecified atom stereocenters. The van der Waals surface area contributed by atoms with Gasteiger partial charge in [0.25, 0.3) is 20.0 Å². The van der Waals surface area contributed by atoms with Crippen LogP contribution in [0, 0.1) is 0 Å². The molecule has 8 aromatic rings. The molecule has 48 heavy (non-hydrogen) atoms. The lowest BCUT2D eigenvalue weighted by atomic mass is 10.2. The van der Waals surface area contributed by atoms with Crippen molar-refractivity contribution in [3.05, 3.63) is 146 Å². The highest BCUT2D eigenvalue weighted by Gasteiger charge is 2.24. The quantitative estimate of drug-likeness (QED) is 0.177. The van der Waals surface area contributed by atoms with Crippen LogP contribution in [0.25, 0.3) is 43.6 Å². The fraction of sp³-hybridized carbons (Fsp3) is 0.0526. The van der Waals surface area contributed by atoms with Gasteiger partial charge in [0.1, 0.15) is 11.5 Å². The Morgan fingerprint density at radius 3 is 0.875 bits per heavy atom. The van der Waals surface area contributed by atoms with Crippen molar-refractivity contribution in [2.75, 3.05) is 14.2 Å². The molecular weight excluding hydrogens is 645 g/mol. The Morgan fingerprint density at radius 2 is 0.625 bits per heavy atom. The third kappa shape index (κ3) is 5.15. The number of benzene rings is 6. The van der Waals surface area contributed by atoms with Crippen molar-refractivity contribution in [2.45, 2.75) is 9.79 Å². The second kappa shape index (κ2) is 12.2.